The molecule has 0 fully saturated rings. The Kier molecular flexibility index (Phi) is 7.35. The Labute approximate surface area is 67.1 Å². The van der Waals surface area contributed by atoms with E-state index in [1.165, 1.54) is 13.0 Å². The molecule has 3 heteroatoms. The maximum atomic E-state index is 5.09. The molecular weight excluding hydrogens is 142 g/mol. The van der Waals surface area contributed by atoms with Gasteiger partial charge in [0, 0.05) is 13.2 Å². The lowest BCUT2D eigenvalue weighted by Crippen LogP contribution is -2.24. The van der Waals surface area contributed by atoms with Crippen LogP contribution in [-0.2, 0) is 4.43 Å². The van der Waals surface area contributed by atoms with Crippen LogP contribution >= 0.6 is 0 Å². The van der Waals surface area contributed by atoms with Crippen molar-refractivity contribution in [1.82, 2.24) is 4.90 Å². The van der Waals surface area contributed by atoms with E-state index < -0.39 is 0 Å². The van der Waals surface area contributed by atoms with Crippen molar-refractivity contribution < 1.29 is 4.43 Å². The van der Waals surface area contributed by atoms with Crippen molar-refractivity contribution in [2.45, 2.75) is 20.3 Å². The van der Waals surface area contributed by atoms with Gasteiger partial charge in [-0.2, -0.15) is 0 Å². The molecule has 0 aliphatic heterocycles. The van der Waals surface area contributed by atoms with E-state index in [9.17, 15) is 0 Å². The minimum absolute atomic E-state index is 0.884. The highest BCUT2D eigenvalue weighted by molar-refractivity contribution is 5.97. The lowest BCUT2D eigenvalue weighted by Gasteiger charge is -2.16. The topological polar surface area (TPSA) is 12.5 Å². The molecule has 0 saturated heterocycles. The Bertz CT molecular complexity index is 66.6. The van der Waals surface area contributed by atoms with Gasteiger partial charge in [0.15, 0.2) is 0 Å². The van der Waals surface area contributed by atoms with Gasteiger partial charge in [-0.1, -0.05) is 13.8 Å². The second-order valence-electron chi connectivity index (χ2n) is 2.37. The second kappa shape index (κ2) is 7.25. The molecule has 0 aromatic heterocycles. The quantitative estimate of drug-likeness (QED) is 0.402. The molecule has 0 aromatic carbocycles. The van der Waals surface area contributed by atoms with Gasteiger partial charge in [-0.05, 0) is 19.5 Å². The van der Waals surface area contributed by atoms with Gasteiger partial charge in [0.05, 0.1) is 0 Å². The van der Waals surface area contributed by atoms with Gasteiger partial charge in [0.2, 0.25) is 0 Å². The first-order valence-electron chi connectivity index (χ1n) is 4.06. The Morgan fingerprint density at radius 1 is 1.30 bits per heavy atom. The predicted octanol–water partition coefficient (Wildman–Crippen LogP) is 0.0153. The van der Waals surface area contributed by atoms with Gasteiger partial charge < -0.3 is 9.33 Å². The van der Waals surface area contributed by atoms with Crippen LogP contribution in [0.4, 0.5) is 0 Å². The maximum absolute atomic E-state index is 5.09. The van der Waals surface area contributed by atoms with E-state index in [1.54, 1.807) is 0 Å². The number of hydrogen-bond acceptors (Lipinski definition) is 2. The lowest BCUT2D eigenvalue weighted by molar-refractivity contribution is 0.259. The molecule has 10 heavy (non-hydrogen) atoms. The fraction of sp³-hybridized carbons (Fsp3) is 1.00. The lowest BCUT2D eigenvalue weighted by atomic mass is 10.4. The van der Waals surface area contributed by atoms with Gasteiger partial charge in [0.1, 0.15) is 10.5 Å². The van der Waals surface area contributed by atoms with Crippen LogP contribution in [0, 0.1) is 0 Å². The number of rotatable bonds is 6. The predicted molar refractivity (Wildman–Crippen MR) is 48.3 cm³/mol. The number of hydrogen-bond donors (Lipinski definition) is 0. The zero-order chi connectivity index (χ0) is 7.82. The minimum atomic E-state index is 0.884. The second-order valence-corrected chi connectivity index (χ2v) is 2.95. The summed E-state index contributed by atoms with van der Waals surface area (Å²) in [4.78, 5) is 2.42. The molecule has 0 N–H and O–H groups in total. The third-order valence-electron chi connectivity index (χ3n) is 1.72. The summed E-state index contributed by atoms with van der Waals surface area (Å²) < 4.78 is 5.09. The van der Waals surface area contributed by atoms with Crippen LogP contribution in [0.15, 0.2) is 0 Å². The molecule has 0 aromatic rings. The van der Waals surface area contributed by atoms with E-state index in [0.717, 1.165) is 30.2 Å². The van der Waals surface area contributed by atoms with E-state index in [-0.39, 0.29) is 0 Å². The molecule has 0 radical (unpaired) electrons. The van der Waals surface area contributed by atoms with E-state index in [1.807, 2.05) is 0 Å². The zero-order valence-electron chi connectivity index (χ0n) is 7.39. The Balaban J connectivity index is 3.09. The first-order chi connectivity index (χ1) is 4.85. The Morgan fingerprint density at radius 2 is 1.90 bits per heavy atom. The molecule has 0 aliphatic rings. The third kappa shape index (κ3) is 4.96. The van der Waals surface area contributed by atoms with Crippen molar-refractivity contribution in [3.8, 4) is 0 Å². The summed E-state index contributed by atoms with van der Waals surface area (Å²) in [6, 6.07) is 0. The first-order valence-corrected chi connectivity index (χ1v) is 4.88. The van der Waals surface area contributed by atoms with E-state index in [4.69, 9.17) is 4.43 Å². The van der Waals surface area contributed by atoms with E-state index in [0.29, 0.717) is 0 Å². The molecule has 0 amide bonds. The Morgan fingerprint density at radius 3 is 2.30 bits per heavy atom. The molecule has 0 heterocycles. The monoisotopic (exact) mass is 161 g/mol. The molecule has 2 nitrogen and oxygen atoms in total. The largest absolute Gasteiger partial charge is 0.428 e. The molecular formula is C7H19NOSi. The molecule has 0 saturated carbocycles. The summed E-state index contributed by atoms with van der Waals surface area (Å²) in [6.45, 7) is 8.86. The van der Waals surface area contributed by atoms with Gasteiger partial charge in [-0.25, -0.2) is 0 Å². The van der Waals surface area contributed by atoms with Gasteiger partial charge in [0.25, 0.3) is 0 Å². The SMILES string of the molecule is CCN(CC)CCCO[SiH3]. The number of nitrogens with zero attached hydrogens (tertiary/aromatic N) is 1. The van der Waals surface area contributed by atoms with Crippen molar-refractivity contribution >= 4 is 10.5 Å². The van der Waals surface area contributed by atoms with Crippen LogP contribution < -0.4 is 0 Å². The average molecular weight is 161 g/mol. The summed E-state index contributed by atoms with van der Waals surface area (Å²) in [5.41, 5.74) is 0. The summed E-state index contributed by atoms with van der Waals surface area (Å²) in [7, 11) is 0.884. The fourth-order valence-electron chi connectivity index (χ4n) is 0.972. The smallest absolute Gasteiger partial charge is 0.145 e. The van der Waals surface area contributed by atoms with Crippen molar-refractivity contribution in [2.24, 2.45) is 0 Å². The highest BCUT2D eigenvalue weighted by Gasteiger charge is 1.95. The summed E-state index contributed by atoms with van der Waals surface area (Å²) in [5.74, 6) is 0. The highest BCUT2D eigenvalue weighted by atomic mass is 28.2. The summed E-state index contributed by atoms with van der Waals surface area (Å²) >= 11 is 0. The van der Waals surface area contributed by atoms with Crippen molar-refractivity contribution in [2.75, 3.05) is 26.2 Å². The summed E-state index contributed by atoms with van der Waals surface area (Å²) in [5, 5.41) is 0. The average Bonchev–Trinajstić information content (AvgIpc) is 1.99. The molecule has 0 bridgehead atoms. The van der Waals surface area contributed by atoms with Crippen molar-refractivity contribution in [3.05, 3.63) is 0 Å². The molecule has 0 aliphatic carbocycles. The standard InChI is InChI=1S/C7H19NOSi/c1-3-8(4-2)6-5-7-9-10/h3-7H2,1-2,10H3. The third-order valence-corrected chi connectivity index (χ3v) is 2.13. The van der Waals surface area contributed by atoms with Crippen LogP contribution in [0.2, 0.25) is 0 Å². The summed E-state index contributed by atoms with van der Waals surface area (Å²) in [6.07, 6.45) is 1.19. The molecule has 0 rings (SSSR count). The van der Waals surface area contributed by atoms with Gasteiger partial charge >= 0.3 is 0 Å². The molecule has 0 unspecified atom stereocenters. The molecule has 62 valence electrons. The minimum Gasteiger partial charge on any atom is -0.428 e. The van der Waals surface area contributed by atoms with Gasteiger partial charge in [-0.15, -0.1) is 0 Å². The van der Waals surface area contributed by atoms with Crippen LogP contribution in [0.5, 0.6) is 0 Å². The van der Waals surface area contributed by atoms with Crippen molar-refractivity contribution in [3.63, 3.8) is 0 Å². The molecule has 0 spiro atoms. The van der Waals surface area contributed by atoms with Crippen LogP contribution in [-0.4, -0.2) is 41.6 Å². The van der Waals surface area contributed by atoms with Crippen LogP contribution in [0.1, 0.15) is 20.3 Å². The van der Waals surface area contributed by atoms with Crippen LogP contribution in [0.25, 0.3) is 0 Å². The Hall–Kier alpha value is 0.137. The highest BCUT2D eigenvalue weighted by Crippen LogP contribution is 1.89. The molecule has 0 atom stereocenters. The van der Waals surface area contributed by atoms with Crippen molar-refractivity contribution in [1.29, 1.82) is 0 Å². The zero-order valence-corrected chi connectivity index (χ0v) is 9.39. The van der Waals surface area contributed by atoms with E-state index >= 15 is 0 Å². The fourth-order valence-corrected chi connectivity index (χ4v) is 1.26. The maximum Gasteiger partial charge on any atom is 0.145 e. The van der Waals surface area contributed by atoms with E-state index in [2.05, 4.69) is 18.7 Å². The van der Waals surface area contributed by atoms with Gasteiger partial charge in [-0.3, -0.25) is 0 Å². The van der Waals surface area contributed by atoms with Crippen LogP contribution in [0.3, 0.4) is 0 Å². The first kappa shape index (κ1) is 10.1. The normalized spacial score (nSPS) is 11.1.